The van der Waals surface area contributed by atoms with E-state index in [1.165, 1.54) is 0 Å². The molecule has 1 saturated carbocycles. The molecule has 3 heteroatoms. The Hall–Kier alpha value is -0.930. The van der Waals surface area contributed by atoms with Crippen LogP contribution in [0.2, 0.25) is 0 Å². The molecule has 1 fully saturated rings. The average Bonchev–Trinajstić information content (AvgIpc) is 2.17. The van der Waals surface area contributed by atoms with Crippen LogP contribution in [0.4, 0.5) is 4.39 Å². The maximum Gasteiger partial charge on any atom is 0.139 e. The normalized spacial score (nSPS) is 29.9. The molecule has 0 bridgehead atoms. The third-order valence-corrected chi connectivity index (χ3v) is 2.68. The Kier molecular flexibility index (Phi) is 3.03. The highest BCUT2D eigenvalue weighted by atomic mass is 19.1. The number of aliphatic hydroxyl groups excluding tert-OH is 1. The van der Waals surface area contributed by atoms with Crippen molar-refractivity contribution in [1.82, 2.24) is 0 Å². The molecule has 1 aromatic carbocycles. The van der Waals surface area contributed by atoms with Crippen LogP contribution in [-0.2, 0) is 11.3 Å². The Morgan fingerprint density at radius 1 is 1.33 bits per heavy atom. The molecule has 1 aliphatic rings. The zero-order valence-corrected chi connectivity index (χ0v) is 8.53. The van der Waals surface area contributed by atoms with Gasteiger partial charge in [0.2, 0.25) is 0 Å². The van der Waals surface area contributed by atoms with Crippen LogP contribution in [0, 0.1) is 0 Å². The fourth-order valence-corrected chi connectivity index (χ4v) is 1.83. The molecule has 82 valence electrons. The molecule has 1 N–H and O–H groups in total. The van der Waals surface area contributed by atoms with Gasteiger partial charge in [0.05, 0.1) is 19.3 Å². The molecule has 0 spiro atoms. The molecule has 0 atom stereocenters. The van der Waals surface area contributed by atoms with Gasteiger partial charge in [-0.1, -0.05) is 30.3 Å². The van der Waals surface area contributed by atoms with Crippen LogP contribution in [0.25, 0.3) is 0 Å². The van der Waals surface area contributed by atoms with Crippen LogP contribution < -0.4 is 0 Å². The first-order valence-corrected chi connectivity index (χ1v) is 5.17. The van der Waals surface area contributed by atoms with Gasteiger partial charge in [-0.25, -0.2) is 4.39 Å². The number of alkyl halides is 1. The van der Waals surface area contributed by atoms with E-state index < -0.39 is 11.8 Å². The van der Waals surface area contributed by atoms with Gasteiger partial charge in [0.25, 0.3) is 0 Å². The van der Waals surface area contributed by atoms with Crippen molar-refractivity contribution in [1.29, 1.82) is 0 Å². The quantitative estimate of drug-likeness (QED) is 0.824. The molecule has 0 saturated heterocycles. The van der Waals surface area contributed by atoms with Gasteiger partial charge in [-0.3, -0.25) is 0 Å². The topological polar surface area (TPSA) is 29.5 Å². The highest BCUT2D eigenvalue weighted by Crippen LogP contribution is 2.36. The van der Waals surface area contributed by atoms with Crippen molar-refractivity contribution in [2.75, 3.05) is 6.61 Å². The van der Waals surface area contributed by atoms with Crippen LogP contribution in [0.1, 0.15) is 18.4 Å². The second-order valence-electron chi connectivity index (χ2n) is 4.19. The van der Waals surface area contributed by atoms with E-state index in [9.17, 15) is 4.39 Å². The minimum atomic E-state index is -1.30. The maximum absolute atomic E-state index is 13.6. The number of aliphatic hydroxyl groups is 1. The van der Waals surface area contributed by atoms with Crippen LogP contribution in [0.15, 0.2) is 30.3 Å². The molecule has 0 aliphatic heterocycles. The zero-order chi connectivity index (χ0) is 10.7. The van der Waals surface area contributed by atoms with Crippen molar-refractivity contribution in [2.45, 2.75) is 31.2 Å². The lowest BCUT2D eigenvalue weighted by Gasteiger charge is -2.37. The standard InChI is InChI=1S/C12H15FO2/c13-12(6-11(14)7-12)9-15-8-10-4-2-1-3-5-10/h1-5,11,14H,6-9H2/t11-,12+. The van der Waals surface area contributed by atoms with Crippen molar-refractivity contribution in [2.24, 2.45) is 0 Å². The Balaban J connectivity index is 1.72. The van der Waals surface area contributed by atoms with Crippen LogP contribution in [0.3, 0.4) is 0 Å². The predicted molar refractivity (Wildman–Crippen MR) is 55.2 cm³/mol. The van der Waals surface area contributed by atoms with Crippen LogP contribution in [-0.4, -0.2) is 23.5 Å². The van der Waals surface area contributed by atoms with Crippen LogP contribution in [0.5, 0.6) is 0 Å². The molecule has 2 nitrogen and oxygen atoms in total. The Morgan fingerprint density at radius 3 is 2.60 bits per heavy atom. The minimum absolute atomic E-state index is 0.0823. The van der Waals surface area contributed by atoms with Gasteiger partial charge >= 0.3 is 0 Å². The number of benzene rings is 1. The number of hydrogen-bond acceptors (Lipinski definition) is 2. The molecule has 15 heavy (non-hydrogen) atoms. The lowest BCUT2D eigenvalue weighted by molar-refractivity contribution is -0.104. The third kappa shape index (κ3) is 2.76. The molecule has 0 aromatic heterocycles. The molecule has 0 unspecified atom stereocenters. The number of ether oxygens (including phenoxy) is 1. The summed E-state index contributed by atoms with van der Waals surface area (Å²) in [5.41, 5.74) is -0.255. The summed E-state index contributed by atoms with van der Waals surface area (Å²) in [7, 11) is 0. The van der Waals surface area contributed by atoms with Crippen molar-refractivity contribution >= 4 is 0 Å². The van der Waals surface area contributed by atoms with Crippen molar-refractivity contribution < 1.29 is 14.2 Å². The zero-order valence-electron chi connectivity index (χ0n) is 8.53. The fourth-order valence-electron chi connectivity index (χ4n) is 1.83. The van der Waals surface area contributed by atoms with E-state index in [4.69, 9.17) is 9.84 Å². The highest BCUT2D eigenvalue weighted by molar-refractivity contribution is 5.13. The number of rotatable bonds is 4. The minimum Gasteiger partial charge on any atom is -0.393 e. The second-order valence-corrected chi connectivity index (χ2v) is 4.19. The molecular weight excluding hydrogens is 195 g/mol. The summed E-state index contributed by atoms with van der Waals surface area (Å²) in [6, 6.07) is 9.68. The van der Waals surface area contributed by atoms with E-state index in [0.717, 1.165) is 5.56 Å². The molecule has 1 aliphatic carbocycles. The third-order valence-electron chi connectivity index (χ3n) is 2.68. The Morgan fingerprint density at radius 2 is 2.00 bits per heavy atom. The number of halogens is 1. The van der Waals surface area contributed by atoms with E-state index in [1.807, 2.05) is 30.3 Å². The fraction of sp³-hybridized carbons (Fsp3) is 0.500. The van der Waals surface area contributed by atoms with E-state index >= 15 is 0 Å². The summed E-state index contributed by atoms with van der Waals surface area (Å²) < 4.78 is 18.9. The van der Waals surface area contributed by atoms with Crippen LogP contribution >= 0.6 is 0 Å². The van der Waals surface area contributed by atoms with Crippen molar-refractivity contribution in [3.05, 3.63) is 35.9 Å². The summed E-state index contributed by atoms with van der Waals surface area (Å²) in [4.78, 5) is 0. The van der Waals surface area contributed by atoms with Gasteiger partial charge in [-0.2, -0.15) is 0 Å². The van der Waals surface area contributed by atoms with E-state index in [2.05, 4.69) is 0 Å². The summed E-state index contributed by atoms with van der Waals surface area (Å²) in [6.07, 6.45) is -0.0563. The summed E-state index contributed by atoms with van der Waals surface area (Å²) in [5, 5.41) is 9.00. The van der Waals surface area contributed by atoms with E-state index in [1.54, 1.807) is 0 Å². The molecule has 0 heterocycles. The highest BCUT2D eigenvalue weighted by Gasteiger charge is 2.44. The largest absolute Gasteiger partial charge is 0.393 e. The maximum atomic E-state index is 13.6. The van der Waals surface area contributed by atoms with Gasteiger partial charge in [-0.05, 0) is 5.56 Å². The lowest BCUT2D eigenvalue weighted by Crippen LogP contribution is -2.46. The summed E-state index contributed by atoms with van der Waals surface area (Å²) in [5.74, 6) is 0. The predicted octanol–water partition coefficient (Wildman–Crippen LogP) is 2.07. The molecule has 1 aromatic rings. The molecule has 2 rings (SSSR count). The van der Waals surface area contributed by atoms with E-state index in [-0.39, 0.29) is 19.4 Å². The average molecular weight is 210 g/mol. The summed E-state index contributed by atoms with van der Waals surface area (Å²) in [6.45, 7) is 0.515. The van der Waals surface area contributed by atoms with Gasteiger partial charge in [0, 0.05) is 12.8 Å². The first-order valence-electron chi connectivity index (χ1n) is 5.17. The lowest BCUT2D eigenvalue weighted by atomic mass is 9.80. The van der Waals surface area contributed by atoms with Gasteiger partial charge < -0.3 is 9.84 Å². The Bertz CT molecular complexity index is 307. The van der Waals surface area contributed by atoms with Crippen molar-refractivity contribution in [3.8, 4) is 0 Å². The van der Waals surface area contributed by atoms with Gasteiger partial charge in [0.15, 0.2) is 0 Å². The van der Waals surface area contributed by atoms with Gasteiger partial charge in [-0.15, -0.1) is 0 Å². The monoisotopic (exact) mass is 210 g/mol. The first-order chi connectivity index (χ1) is 7.18. The van der Waals surface area contributed by atoms with Gasteiger partial charge in [0.1, 0.15) is 5.67 Å². The molecule has 0 radical (unpaired) electrons. The van der Waals surface area contributed by atoms with E-state index in [0.29, 0.717) is 6.61 Å². The number of hydrogen-bond donors (Lipinski definition) is 1. The molecular formula is C12H15FO2. The smallest absolute Gasteiger partial charge is 0.139 e. The Labute approximate surface area is 88.7 Å². The molecule has 0 amide bonds. The summed E-state index contributed by atoms with van der Waals surface area (Å²) >= 11 is 0. The second kappa shape index (κ2) is 4.29. The SMILES string of the molecule is O[C@H]1C[C@](F)(COCc2ccccc2)C1. The van der Waals surface area contributed by atoms with Crippen molar-refractivity contribution in [3.63, 3.8) is 0 Å². The first kappa shape index (κ1) is 10.6.